The Hall–Kier alpha value is -1.06. The molecule has 0 aromatic heterocycles. The summed E-state index contributed by atoms with van der Waals surface area (Å²) >= 11 is 0. The lowest BCUT2D eigenvalue weighted by Gasteiger charge is -2.39. The van der Waals surface area contributed by atoms with E-state index in [1.165, 1.54) is 0 Å². The Morgan fingerprint density at radius 1 is 1.17 bits per heavy atom. The summed E-state index contributed by atoms with van der Waals surface area (Å²) in [6.07, 6.45) is 4.44. The topological polar surface area (TPSA) is 57.6 Å². The predicted octanol–water partition coefficient (Wildman–Crippen LogP) is 2.14. The van der Waals surface area contributed by atoms with Crippen molar-refractivity contribution in [3.63, 3.8) is 0 Å². The Morgan fingerprint density at radius 3 is 2.44 bits per heavy atom. The molecule has 4 heteroatoms. The van der Waals surface area contributed by atoms with E-state index in [0.717, 1.165) is 38.8 Å². The molecule has 1 aliphatic heterocycles. The number of carbonyl (C=O) groups excluding carboxylic acids is 1. The van der Waals surface area contributed by atoms with Gasteiger partial charge in [0.1, 0.15) is 0 Å². The molecule has 0 unspecified atom stereocenters. The van der Waals surface area contributed by atoms with E-state index >= 15 is 0 Å². The van der Waals surface area contributed by atoms with Gasteiger partial charge in [-0.15, -0.1) is 0 Å². The van der Waals surface area contributed by atoms with Crippen LogP contribution < -0.4 is 0 Å². The zero-order valence-electron chi connectivity index (χ0n) is 11.3. The van der Waals surface area contributed by atoms with E-state index in [4.69, 9.17) is 5.11 Å². The normalized spacial score (nSPS) is 31.3. The van der Waals surface area contributed by atoms with E-state index in [1.807, 2.05) is 4.90 Å². The van der Waals surface area contributed by atoms with Gasteiger partial charge in [-0.3, -0.25) is 9.59 Å². The molecule has 2 fully saturated rings. The number of rotatable bonds is 2. The second kappa shape index (κ2) is 4.90. The molecule has 2 aliphatic rings. The fourth-order valence-corrected chi connectivity index (χ4v) is 3.40. The summed E-state index contributed by atoms with van der Waals surface area (Å²) in [5.74, 6) is -1.46. The van der Waals surface area contributed by atoms with Crippen molar-refractivity contribution in [3.8, 4) is 0 Å². The van der Waals surface area contributed by atoms with Gasteiger partial charge in [0.15, 0.2) is 0 Å². The fraction of sp³-hybridized carbons (Fsp3) is 0.857. The first kappa shape index (κ1) is 13.4. The van der Waals surface area contributed by atoms with E-state index < -0.39 is 11.9 Å². The van der Waals surface area contributed by atoms with Crippen LogP contribution in [0.15, 0.2) is 0 Å². The molecule has 0 bridgehead atoms. The van der Waals surface area contributed by atoms with Gasteiger partial charge in [-0.05, 0) is 31.1 Å². The number of carboxylic acids is 1. The first-order chi connectivity index (χ1) is 8.41. The molecule has 1 amide bonds. The number of amides is 1. The van der Waals surface area contributed by atoms with Crippen molar-refractivity contribution >= 4 is 11.9 Å². The van der Waals surface area contributed by atoms with Crippen LogP contribution in [0.4, 0.5) is 0 Å². The summed E-state index contributed by atoms with van der Waals surface area (Å²) in [6, 6.07) is 0. The third-order valence-corrected chi connectivity index (χ3v) is 4.36. The number of piperidine rings is 1. The quantitative estimate of drug-likeness (QED) is 0.820. The lowest BCUT2D eigenvalue weighted by Crippen LogP contribution is -2.47. The van der Waals surface area contributed by atoms with Crippen LogP contribution in [0, 0.1) is 17.3 Å². The highest BCUT2D eigenvalue weighted by Crippen LogP contribution is 2.36. The van der Waals surface area contributed by atoms with E-state index in [1.54, 1.807) is 0 Å². The molecule has 2 atom stereocenters. The second-order valence-corrected chi connectivity index (χ2v) is 6.51. The molecule has 1 aliphatic carbocycles. The maximum atomic E-state index is 12.5. The van der Waals surface area contributed by atoms with Crippen molar-refractivity contribution in [1.29, 1.82) is 0 Å². The highest BCUT2D eigenvalue weighted by molar-refractivity contribution is 5.85. The minimum Gasteiger partial charge on any atom is -0.481 e. The molecule has 102 valence electrons. The number of carboxylic acid groups (broad SMARTS) is 1. The number of hydrogen-bond acceptors (Lipinski definition) is 2. The number of aliphatic carboxylic acids is 1. The summed E-state index contributed by atoms with van der Waals surface area (Å²) in [7, 11) is 0. The van der Waals surface area contributed by atoms with Crippen molar-refractivity contribution in [2.75, 3.05) is 13.1 Å². The van der Waals surface area contributed by atoms with Gasteiger partial charge in [0.05, 0.1) is 11.8 Å². The number of carbonyl (C=O) groups is 2. The second-order valence-electron chi connectivity index (χ2n) is 6.51. The van der Waals surface area contributed by atoms with Crippen LogP contribution in [0.1, 0.15) is 46.0 Å². The van der Waals surface area contributed by atoms with E-state index in [0.29, 0.717) is 6.42 Å². The minimum atomic E-state index is -0.804. The molecule has 0 aromatic carbocycles. The van der Waals surface area contributed by atoms with Gasteiger partial charge in [0.25, 0.3) is 0 Å². The van der Waals surface area contributed by atoms with Gasteiger partial charge in [-0.2, -0.15) is 0 Å². The Morgan fingerprint density at radius 2 is 1.83 bits per heavy atom. The van der Waals surface area contributed by atoms with Crippen molar-refractivity contribution < 1.29 is 14.7 Å². The first-order valence-electron chi connectivity index (χ1n) is 6.92. The maximum absolute atomic E-state index is 12.5. The molecule has 0 aromatic rings. The third kappa shape index (κ3) is 2.68. The van der Waals surface area contributed by atoms with Gasteiger partial charge in [0, 0.05) is 13.1 Å². The Balaban J connectivity index is 2.04. The van der Waals surface area contributed by atoms with Crippen molar-refractivity contribution in [2.45, 2.75) is 46.0 Å². The van der Waals surface area contributed by atoms with Crippen LogP contribution in [0.2, 0.25) is 0 Å². The van der Waals surface area contributed by atoms with Gasteiger partial charge in [-0.25, -0.2) is 0 Å². The van der Waals surface area contributed by atoms with Crippen LogP contribution in [0.5, 0.6) is 0 Å². The fourth-order valence-electron chi connectivity index (χ4n) is 3.40. The molecule has 18 heavy (non-hydrogen) atoms. The predicted molar refractivity (Wildman–Crippen MR) is 68.1 cm³/mol. The Bertz CT molecular complexity index is 351. The molecule has 1 saturated carbocycles. The van der Waals surface area contributed by atoms with Gasteiger partial charge < -0.3 is 10.0 Å². The average Bonchev–Trinajstić information content (AvgIpc) is 2.75. The van der Waals surface area contributed by atoms with Crippen LogP contribution in [-0.2, 0) is 9.59 Å². The monoisotopic (exact) mass is 253 g/mol. The Labute approximate surface area is 108 Å². The first-order valence-corrected chi connectivity index (χ1v) is 6.92. The van der Waals surface area contributed by atoms with Crippen molar-refractivity contribution in [3.05, 3.63) is 0 Å². The van der Waals surface area contributed by atoms with E-state index in [-0.39, 0.29) is 17.2 Å². The van der Waals surface area contributed by atoms with Gasteiger partial charge in [-0.1, -0.05) is 20.3 Å². The van der Waals surface area contributed by atoms with Crippen LogP contribution >= 0.6 is 0 Å². The third-order valence-electron chi connectivity index (χ3n) is 4.36. The molecular weight excluding hydrogens is 230 g/mol. The van der Waals surface area contributed by atoms with Gasteiger partial charge >= 0.3 is 5.97 Å². The molecule has 1 saturated heterocycles. The minimum absolute atomic E-state index is 0.0766. The standard InChI is InChI=1S/C14H23NO3/c1-14(2)7-4-8-15(9-14)12(16)10-5-3-6-11(10)13(17)18/h10-11H,3-9H2,1-2H3,(H,17,18)/t10-,11+/m1/s1. The smallest absolute Gasteiger partial charge is 0.307 e. The van der Waals surface area contributed by atoms with Crippen LogP contribution in [0.25, 0.3) is 0 Å². The van der Waals surface area contributed by atoms with Crippen molar-refractivity contribution in [1.82, 2.24) is 4.90 Å². The largest absolute Gasteiger partial charge is 0.481 e. The number of likely N-dealkylation sites (tertiary alicyclic amines) is 1. The molecule has 1 heterocycles. The lowest BCUT2D eigenvalue weighted by molar-refractivity contribution is -0.150. The molecule has 0 spiro atoms. The Kier molecular flexibility index (Phi) is 3.64. The van der Waals surface area contributed by atoms with Gasteiger partial charge in [0.2, 0.25) is 5.91 Å². The summed E-state index contributed by atoms with van der Waals surface area (Å²) < 4.78 is 0. The lowest BCUT2D eigenvalue weighted by atomic mass is 9.83. The number of hydrogen-bond donors (Lipinski definition) is 1. The number of nitrogens with zero attached hydrogens (tertiary/aromatic N) is 1. The summed E-state index contributed by atoms with van der Waals surface area (Å²) in [5, 5.41) is 9.16. The highest BCUT2D eigenvalue weighted by Gasteiger charge is 2.41. The molecule has 1 N–H and O–H groups in total. The zero-order chi connectivity index (χ0) is 13.3. The highest BCUT2D eigenvalue weighted by atomic mass is 16.4. The summed E-state index contributed by atoms with van der Waals surface area (Å²) in [4.78, 5) is 25.5. The average molecular weight is 253 g/mol. The summed E-state index contributed by atoms with van der Waals surface area (Å²) in [5.41, 5.74) is 0.172. The van der Waals surface area contributed by atoms with Crippen LogP contribution in [0.3, 0.4) is 0 Å². The summed E-state index contributed by atoms with van der Waals surface area (Å²) in [6.45, 7) is 5.92. The van der Waals surface area contributed by atoms with Crippen molar-refractivity contribution in [2.24, 2.45) is 17.3 Å². The van der Waals surface area contributed by atoms with E-state index in [2.05, 4.69) is 13.8 Å². The molecular formula is C14H23NO3. The van der Waals surface area contributed by atoms with E-state index in [9.17, 15) is 9.59 Å². The molecule has 2 rings (SSSR count). The molecule has 4 nitrogen and oxygen atoms in total. The maximum Gasteiger partial charge on any atom is 0.307 e. The zero-order valence-corrected chi connectivity index (χ0v) is 11.3. The van der Waals surface area contributed by atoms with Crippen LogP contribution in [-0.4, -0.2) is 35.0 Å². The SMILES string of the molecule is CC1(C)CCCN(C(=O)[C@@H]2CCC[C@@H]2C(=O)O)C1. The molecule has 0 radical (unpaired) electrons.